The molecule has 0 spiro atoms. The van der Waals surface area contributed by atoms with Gasteiger partial charge in [-0.25, -0.2) is 0 Å². The maximum atomic E-state index is 12.8. The second kappa shape index (κ2) is 8.36. The third-order valence-corrected chi connectivity index (χ3v) is 5.95. The van der Waals surface area contributed by atoms with Crippen molar-refractivity contribution in [3.63, 3.8) is 0 Å². The maximum absolute atomic E-state index is 12.8. The van der Waals surface area contributed by atoms with Crippen molar-refractivity contribution in [1.29, 1.82) is 0 Å². The minimum Gasteiger partial charge on any atom is -0.493 e. The van der Waals surface area contributed by atoms with Crippen molar-refractivity contribution in [2.45, 2.75) is 18.7 Å². The number of rotatable bonds is 5. The summed E-state index contributed by atoms with van der Waals surface area (Å²) in [5, 5.41) is 0. The van der Waals surface area contributed by atoms with E-state index in [4.69, 9.17) is 4.74 Å². The SMILES string of the molecule is CSCc1ccc(C(=O)N2CCN(Cc3ccc4c(c3)CCO4)CC2)cc1. The predicted molar refractivity (Wildman–Crippen MR) is 110 cm³/mol. The van der Waals surface area contributed by atoms with Crippen LogP contribution in [0.25, 0.3) is 0 Å². The van der Waals surface area contributed by atoms with Crippen molar-refractivity contribution in [3.8, 4) is 5.75 Å². The van der Waals surface area contributed by atoms with Gasteiger partial charge in [-0.3, -0.25) is 9.69 Å². The summed E-state index contributed by atoms with van der Waals surface area (Å²) in [7, 11) is 0. The Hall–Kier alpha value is -1.98. The zero-order chi connectivity index (χ0) is 18.6. The van der Waals surface area contributed by atoms with Crippen LogP contribution in [0.1, 0.15) is 27.0 Å². The highest BCUT2D eigenvalue weighted by atomic mass is 32.2. The number of hydrogen-bond acceptors (Lipinski definition) is 4. The van der Waals surface area contributed by atoms with Gasteiger partial charge in [-0.2, -0.15) is 11.8 Å². The van der Waals surface area contributed by atoms with Crippen LogP contribution in [0, 0.1) is 0 Å². The first kappa shape index (κ1) is 18.4. The van der Waals surface area contributed by atoms with Crippen molar-refractivity contribution in [2.24, 2.45) is 0 Å². The van der Waals surface area contributed by atoms with Crippen molar-refractivity contribution < 1.29 is 9.53 Å². The molecule has 2 heterocycles. The molecule has 0 unspecified atom stereocenters. The van der Waals surface area contributed by atoms with Gasteiger partial charge in [-0.15, -0.1) is 0 Å². The van der Waals surface area contributed by atoms with E-state index in [2.05, 4.69) is 41.5 Å². The second-order valence-corrected chi connectivity index (χ2v) is 8.10. The van der Waals surface area contributed by atoms with Crippen LogP contribution in [-0.4, -0.2) is 54.7 Å². The summed E-state index contributed by atoms with van der Waals surface area (Å²) >= 11 is 1.80. The monoisotopic (exact) mass is 382 g/mol. The Kier molecular flexibility index (Phi) is 5.69. The highest BCUT2D eigenvalue weighted by Crippen LogP contribution is 2.26. The lowest BCUT2D eigenvalue weighted by atomic mass is 10.1. The fourth-order valence-electron chi connectivity index (χ4n) is 3.80. The standard InChI is InChI=1S/C22H26N2O2S/c1-27-16-17-2-5-19(6-3-17)22(25)24-11-9-23(10-12-24)15-18-4-7-21-20(14-18)8-13-26-21/h2-7,14H,8-13,15-16H2,1H3. The molecule has 0 aromatic heterocycles. The molecule has 1 fully saturated rings. The third-order valence-electron chi connectivity index (χ3n) is 5.33. The number of carbonyl (C=O) groups is 1. The van der Waals surface area contributed by atoms with Gasteiger partial charge in [0.1, 0.15) is 5.75 Å². The molecule has 4 nitrogen and oxygen atoms in total. The topological polar surface area (TPSA) is 32.8 Å². The summed E-state index contributed by atoms with van der Waals surface area (Å²) in [4.78, 5) is 17.2. The largest absolute Gasteiger partial charge is 0.493 e. The van der Waals surface area contributed by atoms with E-state index in [0.717, 1.165) is 62.8 Å². The molecule has 27 heavy (non-hydrogen) atoms. The molecule has 142 valence electrons. The van der Waals surface area contributed by atoms with E-state index in [1.807, 2.05) is 17.0 Å². The van der Waals surface area contributed by atoms with Gasteiger partial charge >= 0.3 is 0 Å². The molecule has 1 saturated heterocycles. The second-order valence-electron chi connectivity index (χ2n) is 7.24. The molecule has 2 aromatic carbocycles. The van der Waals surface area contributed by atoms with E-state index in [1.165, 1.54) is 16.7 Å². The molecule has 0 aliphatic carbocycles. The van der Waals surface area contributed by atoms with E-state index >= 15 is 0 Å². The molecule has 0 bridgehead atoms. The van der Waals surface area contributed by atoms with Crippen molar-refractivity contribution in [1.82, 2.24) is 9.80 Å². The molecule has 5 heteroatoms. The van der Waals surface area contributed by atoms with Gasteiger partial charge in [0.25, 0.3) is 5.91 Å². The van der Waals surface area contributed by atoms with Gasteiger partial charge in [0.2, 0.25) is 0 Å². The highest BCUT2D eigenvalue weighted by Gasteiger charge is 2.22. The highest BCUT2D eigenvalue weighted by molar-refractivity contribution is 7.97. The fraction of sp³-hybridized carbons (Fsp3) is 0.409. The predicted octanol–water partition coefficient (Wildman–Crippen LogP) is 3.44. The Morgan fingerprint density at radius 2 is 1.78 bits per heavy atom. The van der Waals surface area contributed by atoms with Crippen LogP contribution >= 0.6 is 11.8 Å². The molecule has 4 rings (SSSR count). The van der Waals surface area contributed by atoms with Gasteiger partial charge < -0.3 is 9.64 Å². The van der Waals surface area contributed by atoms with Gasteiger partial charge in [0.15, 0.2) is 0 Å². The summed E-state index contributed by atoms with van der Waals surface area (Å²) in [6.45, 7) is 5.17. The van der Waals surface area contributed by atoms with Crippen LogP contribution in [0.4, 0.5) is 0 Å². The van der Waals surface area contributed by atoms with Gasteiger partial charge in [-0.05, 0) is 41.1 Å². The summed E-state index contributed by atoms with van der Waals surface area (Å²) in [5.41, 5.74) is 4.73. The van der Waals surface area contributed by atoms with Crippen LogP contribution in [-0.2, 0) is 18.7 Å². The van der Waals surface area contributed by atoms with E-state index in [-0.39, 0.29) is 5.91 Å². The minimum absolute atomic E-state index is 0.153. The first-order chi connectivity index (χ1) is 13.2. The average Bonchev–Trinajstić information content (AvgIpc) is 3.17. The Morgan fingerprint density at radius 3 is 2.52 bits per heavy atom. The number of thioether (sulfide) groups is 1. The molecule has 0 N–H and O–H groups in total. The Bertz CT molecular complexity index is 798. The zero-order valence-electron chi connectivity index (χ0n) is 15.8. The fourth-order valence-corrected chi connectivity index (χ4v) is 4.32. The van der Waals surface area contributed by atoms with Crippen molar-refractivity contribution in [3.05, 3.63) is 64.7 Å². The van der Waals surface area contributed by atoms with Gasteiger partial charge in [0.05, 0.1) is 6.61 Å². The number of nitrogens with zero attached hydrogens (tertiary/aromatic N) is 2. The lowest BCUT2D eigenvalue weighted by Crippen LogP contribution is -2.48. The first-order valence-electron chi connectivity index (χ1n) is 9.57. The Labute approximate surface area is 165 Å². The van der Waals surface area contributed by atoms with E-state index in [0.29, 0.717) is 0 Å². The number of hydrogen-bond donors (Lipinski definition) is 0. The smallest absolute Gasteiger partial charge is 0.253 e. The molecule has 2 aromatic rings. The van der Waals surface area contributed by atoms with E-state index < -0.39 is 0 Å². The van der Waals surface area contributed by atoms with Crippen molar-refractivity contribution in [2.75, 3.05) is 39.0 Å². The van der Waals surface area contributed by atoms with Crippen LogP contribution in [0.2, 0.25) is 0 Å². The summed E-state index contributed by atoms with van der Waals surface area (Å²) < 4.78 is 5.59. The molecule has 0 saturated carbocycles. The maximum Gasteiger partial charge on any atom is 0.253 e. The number of piperazine rings is 1. The third kappa shape index (κ3) is 4.30. The van der Waals surface area contributed by atoms with Crippen LogP contribution in [0.15, 0.2) is 42.5 Å². The zero-order valence-corrected chi connectivity index (χ0v) is 16.6. The molecular weight excluding hydrogens is 356 g/mol. The molecule has 2 aliphatic rings. The van der Waals surface area contributed by atoms with Gasteiger partial charge in [0, 0.05) is 50.5 Å². The number of amides is 1. The molecular formula is C22H26N2O2S. The van der Waals surface area contributed by atoms with E-state index in [1.54, 1.807) is 11.8 Å². The summed E-state index contributed by atoms with van der Waals surface area (Å²) in [5.74, 6) is 2.18. The van der Waals surface area contributed by atoms with E-state index in [9.17, 15) is 4.79 Å². The van der Waals surface area contributed by atoms with Crippen LogP contribution in [0.5, 0.6) is 5.75 Å². The number of carbonyl (C=O) groups excluding carboxylic acids is 1. The van der Waals surface area contributed by atoms with Gasteiger partial charge in [-0.1, -0.05) is 24.3 Å². The van der Waals surface area contributed by atoms with Crippen molar-refractivity contribution >= 4 is 17.7 Å². The first-order valence-corrected chi connectivity index (χ1v) is 11.0. The van der Waals surface area contributed by atoms with Crippen LogP contribution < -0.4 is 4.74 Å². The number of fused-ring (bicyclic) bond motifs is 1. The average molecular weight is 383 g/mol. The minimum atomic E-state index is 0.153. The normalized spacial score (nSPS) is 16.9. The summed E-state index contributed by atoms with van der Waals surface area (Å²) in [6.07, 6.45) is 3.11. The Morgan fingerprint density at radius 1 is 1.04 bits per heavy atom. The summed E-state index contributed by atoms with van der Waals surface area (Å²) in [6, 6.07) is 14.6. The molecule has 2 aliphatic heterocycles. The lowest BCUT2D eigenvalue weighted by molar-refractivity contribution is 0.0628. The Balaban J connectivity index is 1.31. The molecule has 0 radical (unpaired) electrons. The number of ether oxygens (including phenoxy) is 1. The molecule has 1 amide bonds. The number of benzene rings is 2. The molecule has 0 atom stereocenters. The lowest BCUT2D eigenvalue weighted by Gasteiger charge is -2.35. The quantitative estimate of drug-likeness (QED) is 0.793. The van der Waals surface area contributed by atoms with Crippen LogP contribution in [0.3, 0.4) is 0 Å².